The van der Waals surface area contributed by atoms with Crippen molar-refractivity contribution >= 4 is 11.9 Å². The Balaban J connectivity index is 2.48. The quantitative estimate of drug-likeness (QED) is 0.732. The van der Waals surface area contributed by atoms with Crippen LogP contribution in [0, 0.1) is 0 Å². The molecule has 0 heterocycles. The highest BCUT2D eigenvalue weighted by molar-refractivity contribution is 5.57. The summed E-state index contributed by atoms with van der Waals surface area (Å²) in [5.41, 5.74) is 2.56. The standard InChI is InChI=1S/C13H20N2/c1-11(2)15-13-8-6-12(7-9-13)5-4-10-14-3/h6-11,15H,4-5H2,1-3H3. The van der Waals surface area contributed by atoms with E-state index in [4.69, 9.17) is 0 Å². The molecule has 0 amide bonds. The summed E-state index contributed by atoms with van der Waals surface area (Å²) >= 11 is 0. The molecule has 0 aliphatic rings. The third-order valence-electron chi connectivity index (χ3n) is 2.15. The van der Waals surface area contributed by atoms with Crippen LogP contribution in [0.2, 0.25) is 0 Å². The number of rotatable bonds is 5. The molecule has 82 valence electrons. The number of hydrogen-bond acceptors (Lipinski definition) is 2. The lowest BCUT2D eigenvalue weighted by atomic mass is 10.1. The Morgan fingerprint density at radius 1 is 1.27 bits per heavy atom. The maximum Gasteiger partial charge on any atom is 0.0342 e. The van der Waals surface area contributed by atoms with E-state index in [1.807, 2.05) is 13.3 Å². The minimum atomic E-state index is 0.489. The van der Waals surface area contributed by atoms with Crippen LogP contribution in [0.3, 0.4) is 0 Å². The molecule has 0 aromatic heterocycles. The molecular formula is C13H20N2. The summed E-state index contributed by atoms with van der Waals surface area (Å²) in [6, 6.07) is 9.11. The Bertz CT molecular complexity index is 299. The Hall–Kier alpha value is -1.31. The molecular weight excluding hydrogens is 184 g/mol. The predicted octanol–water partition coefficient (Wildman–Crippen LogP) is 3.14. The van der Waals surface area contributed by atoms with E-state index >= 15 is 0 Å². The van der Waals surface area contributed by atoms with Gasteiger partial charge in [0.2, 0.25) is 0 Å². The summed E-state index contributed by atoms with van der Waals surface area (Å²) in [6.07, 6.45) is 4.05. The number of aliphatic imine (C=N–C) groups is 1. The van der Waals surface area contributed by atoms with Crippen molar-refractivity contribution in [2.24, 2.45) is 4.99 Å². The molecule has 2 heteroatoms. The summed E-state index contributed by atoms with van der Waals surface area (Å²) in [4.78, 5) is 3.97. The van der Waals surface area contributed by atoms with Gasteiger partial charge in [-0.3, -0.25) is 0 Å². The fraction of sp³-hybridized carbons (Fsp3) is 0.462. The molecule has 2 nitrogen and oxygen atoms in total. The van der Waals surface area contributed by atoms with Crippen LogP contribution in [-0.2, 0) is 6.42 Å². The summed E-state index contributed by atoms with van der Waals surface area (Å²) in [5, 5.41) is 3.37. The van der Waals surface area contributed by atoms with Crippen LogP contribution < -0.4 is 5.32 Å². The van der Waals surface area contributed by atoms with Gasteiger partial charge in [-0.15, -0.1) is 0 Å². The Morgan fingerprint density at radius 3 is 2.47 bits per heavy atom. The smallest absolute Gasteiger partial charge is 0.0342 e. The topological polar surface area (TPSA) is 24.4 Å². The minimum absolute atomic E-state index is 0.489. The molecule has 0 bridgehead atoms. The number of anilines is 1. The van der Waals surface area contributed by atoms with Crippen molar-refractivity contribution < 1.29 is 0 Å². The van der Waals surface area contributed by atoms with Gasteiger partial charge in [0.25, 0.3) is 0 Å². The van der Waals surface area contributed by atoms with Crippen molar-refractivity contribution in [2.75, 3.05) is 12.4 Å². The first-order valence-corrected chi connectivity index (χ1v) is 5.48. The van der Waals surface area contributed by atoms with Crippen molar-refractivity contribution in [1.82, 2.24) is 0 Å². The van der Waals surface area contributed by atoms with E-state index in [2.05, 4.69) is 48.4 Å². The van der Waals surface area contributed by atoms with Gasteiger partial charge in [0.05, 0.1) is 0 Å². The average Bonchev–Trinajstić information content (AvgIpc) is 2.20. The first-order chi connectivity index (χ1) is 7.22. The molecule has 1 rings (SSSR count). The van der Waals surface area contributed by atoms with E-state index < -0.39 is 0 Å². The van der Waals surface area contributed by atoms with E-state index in [9.17, 15) is 0 Å². The number of benzene rings is 1. The summed E-state index contributed by atoms with van der Waals surface area (Å²) in [5.74, 6) is 0. The van der Waals surface area contributed by atoms with E-state index in [0.29, 0.717) is 6.04 Å². The molecule has 1 aromatic rings. The largest absolute Gasteiger partial charge is 0.383 e. The summed E-state index contributed by atoms with van der Waals surface area (Å²) in [7, 11) is 1.82. The zero-order chi connectivity index (χ0) is 11.1. The van der Waals surface area contributed by atoms with Crippen LogP contribution >= 0.6 is 0 Å². The molecule has 15 heavy (non-hydrogen) atoms. The van der Waals surface area contributed by atoms with Gasteiger partial charge in [0, 0.05) is 18.8 Å². The molecule has 1 N–H and O–H groups in total. The Morgan fingerprint density at radius 2 is 1.93 bits per heavy atom. The van der Waals surface area contributed by atoms with Crippen LogP contribution in [-0.4, -0.2) is 19.3 Å². The SMILES string of the molecule is CN=CCCc1ccc(NC(C)C)cc1. The van der Waals surface area contributed by atoms with Gasteiger partial charge in [-0.2, -0.15) is 0 Å². The molecule has 1 aromatic carbocycles. The number of nitrogens with one attached hydrogen (secondary N) is 1. The van der Waals surface area contributed by atoms with Gasteiger partial charge < -0.3 is 10.3 Å². The zero-order valence-corrected chi connectivity index (χ0v) is 9.83. The third kappa shape index (κ3) is 4.63. The summed E-state index contributed by atoms with van der Waals surface area (Å²) in [6.45, 7) is 4.29. The molecule has 0 radical (unpaired) electrons. The molecule has 0 unspecified atom stereocenters. The lowest BCUT2D eigenvalue weighted by Crippen LogP contribution is -2.09. The maximum atomic E-state index is 3.97. The minimum Gasteiger partial charge on any atom is -0.383 e. The number of hydrogen-bond donors (Lipinski definition) is 1. The third-order valence-corrected chi connectivity index (χ3v) is 2.15. The van der Waals surface area contributed by atoms with Crippen molar-refractivity contribution in [1.29, 1.82) is 0 Å². The van der Waals surface area contributed by atoms with Crippen LogP contribution in [0.4, 0.5) is 5.69 Å². The normalized spacial score (nSPS) is 11.2. The fourth-order valence-corrected chi connectivity index (χ4v) is 1.46. The zero-order valence-electron chi connectivity index (χ0n) is 9.83. The Kier molecular flexibility index (Phi) is 4.88. The number of nitrogens with zero attached hydrogens (tertiary/aromatic N) is 1. The number of aryl methyl sites for hydroxylation is 1. The second-order valence-corrected chi connectivity index (χ2v) is 3.98. The van der Waals surface area contributed by atoms with Crippen LogP contribution in [0.25, 0.3) is 0 Å². The lowest BCUT2D eigenvalue weighted by molar-refractivity contribution is 0.899. The van der Waals surface area contributed by atoms with E-state index in [1.54, 1.807) is 0 Å². The van der Waals surface area contributed by atoms with Crippen molar-refractivity contribution in [3.63, 3.8) is 0 Å². The molecule has 0 saturated heterocycles. The van der Waals surface area contributed by atoms with Crippen molar-refractivity contribution in [2.45, 2.75) is 32.7 Å². The van der Waals surface area contributed by atoms with Gasteiger partial charge in [-0.1, -0.05) is 12.1 Å². The molecule has 0 spiro atoms. The lowest BCUT2D eigenvalue weighted by Gasteiger charge is -2.10. The van der Waals surface area contributed by atoms with Crippen molar-refractivity contribution in [3.05, 3.63) is 29.8 Å². The maximum absolute atomic E-state index is 3.97. The van der Waals surface area contributed by atoms with Crippen LogP contribution in [0.5, 0.6) is 0 Å². The van der Waals surface area contributed by atoms with Crippen molar-refractivity contribution in [3.8, 4) is 0 Å². The monoisotopic (exact) mass is 204 g/mol. The predicted molar refractivity (Wildman–Crippen MR) is 67.9 cm³/mol. The highest BCUT2D eigenvalue weighted by Gasteiger charge is 1.95. The first-order valence-electron chi connectivity index (χ1n) is 5.48. The molecule has 0 aliphatic heterocycles. The average molecular weight is 204 g/mol. The van der Waals surface area contributed by atoms with Gasteiger partial charge in [-0.05, 0) is 50.6 Å². The molecule has 0 aliphatic carbocycles. The van der Waals surface area contributed by atoms with E-state index in [0.717, 1.165) is 12.8 Å². The molecule has 0 fully saturated rings. The highest BCUT2D eigenvalue weighted by Crippen LogP contribution is 2.11. The van der Waals surface area contributed by atoms with Crippen LogP contribution in [0.1, 0.15) is 25.8 Å². The Labute approximate surface area is 92.4 Å². The molecule has 0 atom stereocenters. The molecule has 0 saturated carbocycles. The fourth-order valence-electron chi connectivity index (χ4n) is 1.46. The van der Waals surface area contributed by atoms with Gasteiger partial charge >= 0.3 is 0 Å². The summed E-state index contributed by atoms with van der Waals surface area (Å²) < 4.78 is 0. The van der Waals surface area contributed by atoms with Gasteiger partial charge in [0.1, 0.15) is 0 Å². The second-order valence-electron chi connectivity index (χ2n) is 3.98. The second kappa shape index (κ2) is 6.23. The van der Waals surface area contributed by atoms with E-state index in [1.165, 1.54) is 11.3 Å². The van der Waals surface area contributed by atoms with E-state index in [-0.39, 0.29) is 0 Å². The van der Waals surface area contributed by atoms with Gasteiger partial charge in [0.15, 0.2) is 0 Å². The van der Waals surface area contributed by atoms with Gasteiger partial charge in [-0.25, -0.2) is 0 Å². The van der Waals surface area contributed by atoms with Crippen LogP contribution in [0.15, 0.2) is 29.3 Å². The highest BCUT2D eigenvalue weighted by atomic mass is 14.9. The first kappa shape index (κ1) is 11.8.